The van der Waals surface area contributed by atoms with Gasteiger partial charge < -0.3 is 4.74 Å². The predicted molar refractivity (Wildman–Crippen MR) is 116 cm³/mol. The molecule has 1 atom stereocenters. The maximum Gasteiger partial charge on any atom is 0.306 e. The summed E-state index contributed by atoms with van der Waals surface area (Å²) in [4.78, 5) is 12.0. The Labute approximate surface area is 164 Å². The standard InChI is InChI=1S/C21H38O2S2/c1-5-7-9-11-13-15-21(22)23-20(17-19(3)4)18-25-24-16-14-12-10-8-6-2/h7-10,19-20H,5-6,11-18H2,1-4H3/b9-7+,10-8+. The molecule has 0 saturated carbocycles. The zero-order valence-electron chi connectivity index (χ0n) is 16.7. The number of rotatable bonds is 16. The lowest BCUT2D eigenvalue weighted by molar-refractivity contribution is -0.148. The molecule has 0 rings (SSSR count). The number of ether oxygens (including phenoxy) is 1. The number of allylic oxidation sites excluding steroid dienone is 4. The molecule has 146 valence electrons. The van der Waals surface area contributed by atoms with Crippen molar-refractivity contribution < 1.29 is 9.53 Å². The van der Waals surface area contributed by atoms with Crippen molar-refractivity contribution in [2.45, 2.75) is 85.2 Å². The first kappa shape index (κ1) is 24.7. The number of unbranched alkanes of at least 4 members (excludes halogenated alkanes) is 2. The first-order chi connectivity index (χ1) is 12.1. The van der Waals surface area contributed by atoms with Gasteiger partial charge in [-0.05, 0) is 50.9 Å². The van der Waals surface area contributed by atoms with Crippen molar-refractivity contribution in [3.05, 3.63) is 24.3 Å². The van der Waals surface area contributed by atoms with Crippen molar-refractivity contribution in [1.29, 1.82) is 0 Å². The van der Waals surface area contributed by atoms with E-state index in [1.54, 1.807) is 0 Å². The van der Waals surface area contributed by atoms with E-state index in [9.17, 15) is 4.79 Å². The van der Waals surface area contributed by atoms with E-state index >= 15 is 0 Å². The van der Waals surface area contributed by atoms with E-state index in [4.69, 9.17) is 4.74 Å². The van der Waals surface area contributed by atoms with E-state index < -0.39 is 0 Å². The fraction of sp³-hybridized carbons (Fsp3) is 0.762. The van der Waals surface area contributed by atoms with Crippen LogP contribution in [0.3, 0.4) is 0 Å². The molecule has 0 spiro atoms. The topological polar surface area (TPSA) is 26.3 Å². The summed E-state index contributed by atoms with van der Waals surface area (Å²) < 4.78 is 5.72. The van der Waals surface area contributed by atoms with Crippen LogP contribution in [0.5, 0.6) is 0 Å². The van der Waals surface area contributed by atoms with Crippen molar-refractivity contribution in [2.75, 3.05) is 11.5 Å². The maximum absolute atomic E-state index is 12.0. The highest BCUT2D eigenvalue weighted by Crippen LogP contribution is 2.26. The van der Waals surface area contributed by atoms with Crippen molar-refractivity contribution >= 4 is 27.6 Å². The summed E-state index contributed by atoms with van der Waals surface area (Å²) in [6.07, 6.45) is 16.8. The molecule has 0 aromatic carbocycles. The molecule has 0 aliphatic carbocycles. The van der Waals surface area contributed by atoms with E-state index in [1.165, 1.54) is 6.42 Å². The number of carbonyl (C=O) groups excluding carboxylic acids is 1. The molecule has 0 aromatic heterocycles. The van der Waals surface area contributed by atoms with Gasteiger partial charge in [-0.25, -0.2) is 0 Å². The Morgan fingerprint density at radius 1 is 0.960 bits per heavy atom. The number of hydrogen-bond donors (Lipinski definition) is 0. The fourth-order valence-corrected chi connectivity index (χ4v) is 4.60. The molecule has 0 N–H and O–H groups in total. The number of carbonyl (C=O) groups is 1. The van der Waals surface area contributed by atoms with Gasteiger partial charge in [0.1, 0.15) is 6.10 Å². The van der Waals surface area contributed by atoms with Gasteiger partial charge in [0.05, 0.1) is 0 Å². The minimum Gasteiger partial charge on any atom is -0.461 e. The van der Waals surface area contributed by atoms with Crippen molar-refractivity contribution in [1.82, 2.24) is 0 Å². The summed E-state index contributed by atoms with van der Waals surface area (Å²) in [7, 11) is 3.75. The molecule has 0 radical (unpaired) electrons. The molecule has 2 nitrogen and oxygen atoms in total. The van der Waals surface area contributed by atoms with Crippen LogP contribution in [0.2, 0.25) is 0 Å². The first-order valence-corrected chi connectivity index (χ1v) is 12.3. The van der Waals surface area contributed by atoms with Gasteiger partial charge in [0.15, 0.2) is 0 Å². The Bertz CT molecular complexity index is 365. The summed E-state index contributed by atoms with van der Waals surface area (Å²) in [5, 5.41) is 0. The Hall–Kier alpha value is -0.350. The van der Waals surface area contributed by atoms with E-state index in [0.717, 1.165) is 50.0 Å². The molecular formula is C21H38O2S2. The molecule has 0 aliphatic heterocycles. The van der Waals surface area contributed by atoms with Crippen LogP contribution in [0, 0.1) is 5.92 Å². The summed E-state index contributed by atoms with van der Waals surface area (Å²) in [6, 6.07) is 0. The second kappa shape index (κ2) is 18.4. The highest BCUT2D eigenvalue weighted by Gasteiger charge is 2.16. The average molecular weight is 387 g/mol. The monoisotopic (exact) mass is 386 g/mol. The van der Waals surface area contributed by atoms with Crippen LogP contribution in [-0.2, 0) is 9.53 Å². The van der Waals surface area contributed by atoms with Gasteiger partial charge in [-0.2, -0.15) is 0 Å². The van der Waals surface area contributed by atoms with Crippen LogP contribution >= 0.6 is 21.6 Å². The smallest absolute Gasteiger partial charge is 0.306 e. The van der Waals surface area contributed by atoms with Crippen LogP contribution in [0.15, 0.2) is 24.3 Å². The second-order valence-electron chi connectivity index (χ2n) is 6.64. The Morgan fingerprint density at radius 3 is 2.20 bits per heavy atom. The fourth-order valence-electron chi connectivity index (χ4n) is 2.30. The van der Waals surface area contributed by atoms with E-state index in [2.05, 4.69) is 52.0 Å². The minimum atomic E-state index is -0.0362. The van der Waals surface area contributed by atoms with Crippen LogP contribution in [0.25, 0.3) is 0 Å². The van der Waals surface area contributed by atoms with Gasteiger partial charge in [0.25, 0.3) is 0 Å². The molecule has 0 heterocycles. The summed E-state index contributed by atoms with van der Waals surface area (Å²) in [6.45, 7) is 8.67. The molecule has 1 unspecified atom stereocenters. The molecule has 0 fully saturated rings. The molecule has 0 aromatic rings. The zero-order valence-corrected chi connectivity index (χ0v) is 18.3. The van der Waals surface area contributed by atoms with Gasteiger partial charge in [-0.3, -0.25) is 4.79 Å². The quantitative estimate of drug-likeness (QED) is 0.121. The summed E-state index contributed by atoms with van der Waals surface area (Å²) in [5.74, 6) is 2.57. The van der Waals surface area contributed by atoms with Crippen LogP contribution in [-0.4, -0.2) is 23.6 Å². The van der Waals surface area contributed by atoms with Gasteiger partial charge in [-0.15, -0.1) is 0 Å². The maximum atomic E-state index is 12.0. The predicted octanol–water partition coefficient (Wildman–Crippen LogP) is 7.21. The highest BCUT2D eigenvalue weighted by atomic mass is 33.1. The lowest BCUT2D eigenvalue weighted by Gasteiger charge is -2.19. The second-order valence-corrected chi connectivity index (χ2v) is 9.27. The van der Waals surface area contributed by atoms with Gasteiger partial charge in [-0.1, -0.05) is 73.6 Å². The largest absolute Gasteiger partial charge is 0.461 e. The van der Waals surface area contributed by atoms with Crippen molar-refractivity contribution in [2.24, 2.45) is 5.92 Å². The van der Waals surface area contributed by atoms with Gasteiger partial charge in [0, 0.05) is 17.9 Å². The SMILES string of the molecule is CC/C=C/CCCSSCC(CC(C)C)OC(=O)CCC/C=C/CC. The number of esters is 1. The zero-order chi connectivity index (χ0) is 18.8. The molecule has 25 heavy (non-hydrogen) atoms. The average Bonchev–Trinajstić information content (AvgIpc) is 2.56. The Morgan fingerprint density at radius 2 is 1.60 bits per heavy atom. The van der Waals surface area contributed by atoms with E-state index in [1.807, 2.05) is 21.6 Å². The van der Waals surface area contributed by atoms with Crippen LogP contribution < -0.4 is 0 Å². The van der Waals surface area contributed by atoms with E-state index in [-0.39, 0.29) is 12.1 Å². The third-order valence-corrected chi connectivity index (χ3v) is 6.06. The first-order valence-electron chi connectivity index (χ1n) is 9.83. The molecule has 0 amide bonds. The third-order valence-electron chi connectivity index (χ3n) is 3.52. The minimum absolute atomic E-state index is 0.0362. The third kappa shape index (κ3) is 18.2. The van der Waals surface area contributed by atoms with Crippen LogP contribution in [0.1, 0.15) is 79.1 Å². The van der Waals surface area contributed by atoms with Crippen LogP contribution in [0.4, 0.5) is 0 Å². The molecule has 4 heteroatoms. The van der Waals surface area contributed by atoms with Crippen molar-refractivity contribution in [3.8, 4) is 0 Å². The Kier molecular flexibility index (Phi) is 18.2. The number of hydrogen-bond acceptors (Lipinski definition) is 4. The molecule has 0 saturated heterocycles. The lowest BCUT2D eigenvalue weighted by atomic mass is 10.1. The Balaban J connectivity index is 3.92. The van der Waals surface area contributed by atoms with Gasteiger partial charge in [0.2, 0.25) is 0 Å². The molecule has 0 bridgehead atoms. The highest BCUT2D eigenvalue weighted by molar-refractivity contribution is 8.76. The summed E-state index contributed by atoms with van der Waals surface area (Å²) in [5.41, 5.74) is 0. The molecular weight excluding hydrogens is 348 g/mol. The van der Waals surface area contributed by atoms with E-state index in [0.29, 0.717) is 12.3 Å². The normalized spacial score (nSPS) is 13.2. The molecule has 0 aliphatic rings. The summed E-state index contributed by atoms with van der Waals surface area (Å²) >= 11 is 0. The van der Waals surface area contributed by atoms with Gasteiger partial charge >= 0.3 is 5.97 Å². The van der Waals surface area contributed by atoms with Crippen molar-refractivity contribution in [3.63, 3.8) is 0 Å². The lowest BCUT2D eigenvalue weighted by Crippen LogP contribution is -2.22.